The highest BCUT2D eigenvalue weighted by Crippen LogP contribution is 2.34. The smallest absolute Gasteiger partial charge is 0.406 e. The van der Waals surface area contributed by atoms with Crippen molar-refractivity contribution in [2.75, 3.05) is 11.9 Å². The van der Waals surface area contributed by atoms with Crippen LogP contribution in [-0.2, 0) is 0 Å². The van der Waals surface area contributed by atoms with Crippen molar-refractivity contribution in [3.05, 3.63) is 71.5 Å². The van der Waals surface area contributed by atoms with E-state index in [1.54, 1.807) is 0 Å². The number of hydrogen-bond donors (Lipinski definition) is 2. The number of rotatable bonds is 11. The van der Waals surface area contributed by atoms with Gasteiger partial charge in [0.25, 0.3) is 0 Å². The normalized spacial score (nSPS) is 13.6. The van der Waals surface area contributed by atoms with Gasteiger partial charge in [-0.1, -0.05) is 45.6 Å². The number of alkyl halides is 3. The number of ether oxygens (including phenoxy) is 1. The summed E-state index contributed by atoms with van der Waals surface area (Å²) in [7, 11) is 0. The zero-order chi connectivity index (χ0) is 22.7. The van der Waals surface area contributed by atoms with Gasteiger partial charge >= 0.3 is 6.36 Å². The molecule has 0 bridgehead atoms. The Morgan fingerprint density at radius 1 is 1.17 bits per heavy atom. The standard InChI is InChI=1S/C24H32F3NO2/c1-6-10-19(16-29)23(22(11-7-2)18(8-3)9-4)17(5)28-20-12-14-21(15-13-20)30-24(25,26)27/h6,10-15,18,28-29H,5,7-9,16H2,1-4H3/b10-6-,22-11+,23-19-. The second kappa shape index (κ2) is 12.3. The van der Waals surface area contributed by atoms with Crippen LogP contribution in [0.2, 0.25) is 0 Å². The van der Waals surface area contributed by atoms with Crippen molar-refractivity contribution in [2.45, 2.75) is 53.3 Å². The molecule has 0 amide bonds. The van der Waals surface area contributed by atoms with Crippen molar-refractivity contribution in [3.63, 3.8) is 0 Å². The van der Waals surface area contributed by atoms with E-state index in [9.17, 15) is 18.3 Å². The molecule has 0 saturated heterocycles. The van der Waals surface area contributed by atoms with Crippen LogP contribution in [0.3, 0.4) is 0 Å². The topological polar surface area (TPSA) is 41.5 Å². The summed E-state index contributed by atoms with van der Waals surface area (Å²) < 4.78 is 41.0. The summed E-state index contributed by atoms with van der Waals surface area (Å²) in [5, 5.41) is 13.2. The van der Waals surface area contributed by atoms with E-state index in [0.717, 1.165) is 36.0 Å². The van der Waals surface area contributed by atoms with Crippen molar-refractivity contribution in [1.82, 2.24) is 0 Å². The molecule has 0 aliphatic heterocycles. The summed E-state index contributed by atoms with van der Waals surface area (Å²) in [6.45, 7) is 12.2. The lowest BCUT2D eigenvalue weighted by Crippen LogP contribution is -2.17. The molecule has 1 aromatic rings. The van der Waals surface area contributed by atoms with Gasteiger partial charge in [-0.3, -0.25) is 0 Å². The fraction of sp³-hybridized carbons (Fsp3) is 0.417. The predicted octanol–water partition coefficient (Wildman–Crippen LogP) is 7.15. The fourth-order valence-corrected chi connectivity index (χ4v) is 3.37. The van der Waals surface area contributed by atoms with E-state index < -0.39 is 6.36 Å². The van der Waals surface area contributed by atoms with Crippen molar-refractivity contribution in [3.8, 4) is 5.75 Å². The summed E-state index contributed by atoms with van der Waals surface area (Å²) in [6.07, 6.45) is 3.85. The molecule has 0 aliphatic rings. The number of halogens is 3. The first-order chi connectivity index (χ1) is 14.2. The van der Waals surface area contributed by atoms with Crippen LogP contribution in [0.4, 0.5) is 18.9 Å². The number of hydrogen-bond acceptors (Lipinski definition) is 3. The van der Waals surface area contributed by atoms with Crippen LogP contribution in [0, 0.1) is 5.92 Å². The first-order valence-corrected chi connectivity index (χ1v) is 10.2. The highest BCUT2D eigenvalue weighted by molar-refractivity contribution is 5.61. The Balaban J connectivity index is 3.31. The third kappa shape index (κ3) is 7.75. The summed E-state index contributed by atoms with van der Waals surface area (Å²) >= 11 is 0. The second-order valence-electron chi connectivity index (χ2n) is 6.82. The zero-order valence-electron chi connectivity index (χ0n) is 18.1. The third-order valence-electron chi connectivity index (χ3n) is 4.68. The van der Waals surface area contributed by atoms with Crippen LogP contribution >= 0.6 is 0 Å². The van der Waals surface area contributed by atoms with Crippen LogP contribution in [0.15, 0.2) is 71.5 Å². The van der Waals surface area contributed by atoms with Crippen molar-refractivity contribution in [1.29, 1.82) is 0 Å². The van der Waals surface area contributed by atoms with E-state index in [1.807, 2.05) is 19.1 Å². The van der Waals surface area contributed by atoms with E-state index in [2.05, 4.69) is 43.5 Å². The Hall–Kier alpha value is -2.47. The molecule has 0 atom stereocenters. The Morgan fingerprint density at radius 2 is 1.77 bits per heavy atom. The number of nitrogens with one attached hydrogen (secondary N) is 1. The summed E-state index contributed by atoms with van der Waals surface area (Å²) in [4.78, 5) is 0. The quantitative estimate of drug-likeness (QED) is 0.371. The molecule has 1 rings (SSSR count). The Bertz CT molecular complexity index is 771. The average molecular weight is 424 g/mol. The van der Waals surface area contributed by atoms with Gasteiger partial charge in [0.05, 0.1) is 6.61 Å². The van der Waals surface area contributed by atoms with E-state index in [0.29, 0.717) is 17.3 Å². The fourth-order valence-electron chi connectivity index (χ4n) is 3.37. The van der Waals surface area contributed by atoms with Gasteiger partial charge in [0.15, 0.2) is 0 Å². The van der Waals surface area contributed by atoms with Gasteiger partial charge in [-0.2, -0.15) is 0 Å². The molecule has 0 spiro atoms. The minimum Gasteiger partial charge on any atom is -0.406 e. The Morgan fingerprint density at radius 3 is 2.20 bits per heavy atom. The van der Waals surface area contributed by atoms with Crippen molar-refractivity contribution >= 4 is 5.69 Å². The largest absolute Gasteiger partial charge is 0.573 e. The SMILES string of the molecule is C=C(Nc1ccc(OC(F)(F)F)cc1)C(/C(=C/CC)C(CC)CC)=C(\C=C/C)CO. The third-order valence-corrected chi connectivity index (χ3v) is 4.68. The van der Waals surface area contributed by atoms with Crippen molar-refractivity contribution in [2.24, 2.45) is 5.92 Å². The van der Waals surface area contributed by atoms with Crippen LogP contribution < -0.4 is 10.1 Å². The van der Waals surface area contributed by atoms with Gasteiger partial charge in [0.1, 0.15) is 5.75 Å². The maximum atomic E-state index is 12.4. The monoisotopic (exact) mass is 423 g/mol. The molecule has 30 heavy (non-hydrogen) atoms. The number of aliphatic hydroxyl groups excluding tert-OH is 1. The first-order valence-electron chi connectivity index (χ1n) is 10.2. The van der Waals surface area contributed by atoms with Gasteiger partial charge in [-0.05, 0) is 67.5 Å². The maximum Gasteiger partial charge on any atom is 0.573 e. The number of aliphatic hydroxyl groups is 1. The van der Waals surface area contributed by atoms with E-state index >= 15 is 0 Å². The molecule has 6 heteroatoms. The minimum absolute atomic E-state index is 0.153. The molecule has 2 N–H and O–H groups in total. The Labute approximate surface area is 177 Å². The van der Waals surface area contributed by atoms with Gasteiger partial charge in [-0.25, -0.2) is 0 Å². The van der Waals surface area contributed by atoms with Gasteiger partial charge in [0.2, 0.25) is 0 Å². The van der Waals surface area contributed by atoms with Crippen LogP contribution in [0.25, 0.3) is 0 Å². The second-order valence-corrected chi connectivity index (χ2v) is 6.82. The molecule has 3 nitrogen and oxygen atoms in total. The van der Waals surface area contributed by atoms with Gasteiger partial charge < -0.3 is 15.2 Å². The van der Waals surface area contributed by atoms with Crippen molar-refractivity contribution < 1.29 is 23.0 Å². The molecule has 0 aromatic heterocycles. The van der Waals surface area contributed by atoms with E-state index in [-0.39, 0.29) is 12.4 Å². The highest BCUT2D eigenvalue weighted by atomic mass is 19.4. The van der Waals surface area contributed by atoms with Crippen LogP contribution in [-0.4, -0.2) is 18.1 Å². The Kier molecular flexibility index (Phi) is 10.5. The lowest BCUT2D eigenvalue weighted by molar-refractivity contribution is -0.274. The predicted molar refractivity (Wildman–Crippen MR) is 117 cm³/mol. The van der Waals surface area contributed by atoms with E-state index in [1.165, 1.54) is 24.3 Å². The summed E-state index contributed by atoms with van der Waals surface area (Å²) in [6, 6.07) is 5.49. The summed E-state index contributed by atoms with van der Waals surface area (Å²) in [5.41, 5.74) is 3.83. The van der Waals surface area contributed by atoms with Gasteiger partial charge in [-0.15, -0.1) is 13.2 Å². The summed E-state index contributed by atoms with van der Waals surface area (Å²) in [5.74, 6) is 0.0101. The first kappa shape index (κ1) is 25.6. The molecule has 0 aliphatic carbocycles. The molecule has 0 unspecified atom stereocenters. The van der Waals surface area contributed by atoms with Crippen LogP contribution in [0.5, 0.6) is 5.75 Å². The molecule has 166 valence electrons. The number of allylic oxidation sites excluding steroid dienone is 3. The lowest BCUT2D eigenvalue weighted by Gasteiger charge is -2.25. The number of anilines is 1. The molecular weight excluding hydrogens is 391 g/mol. The minimum atomic E-state index is -4.73. The molecular formula is C24H32F3NO2. The molecule has 0 saturated carbocycles. The number of benzene rings is 1. The molecule has 0 heterocycles. The van der Waals surface area contributed by atoms with E-state index in [4.69, 9.17) is 0 Å². The average Bonchev–Trinajstić information content (AvgIpc) is 2.68. The maximum absolute atomic E-state index is 12.4. The van der Waals surface area contributed by atoms with Crippen LogP contribution in [0.1, 0.15) is 47.0 Å². The molecule has 1 aromatic carbocycles. The zero-order valence-corrected chi connectivity index (χ0v) is 18.1. The molecule has 0 fully saturated rings. The molecule has 0 radical (unpaired) electrons. The van der Waals surface area contributed by atoms with Gasteiger partial charge in [0, 0.05) is 17.0 Å². The highest BCUT2D eigenvalue weighted by Gasteiger charge is 2.31. The lowest BCUT2D eigenvalue weighted by atomic mass is 9.83.